The van der Waals surface area contributed by atoms with Crippen molar-refractivity contribution in [3.05, 3.63) is 89.5 Å². The number of isocyanates is 1. The van der Waals surface area contributed by atoms with E-state index in [1.807, 2.05) is 78.0 Å². The Kier molecular flexibility index (Phi) is 41.4. The molecule has 101 heavy (non-hydrogen) atoms. The maximum atomic E-state index is 13.2. The van der Waals surface area contributed by atoms with Gasteiger partial charge in [-0.3, -0.25) is 19.2 Å². The number of halogens is 3. The van der Waals surface area contributed by atoms with Crippen LogP contribution in [0.2, 0.25) is 0 Å². The van der Waals surface area contributed by atoms with Crippen LogP contribution in [0.5, 0.6) is 17.2 Å². The number of nitrogens with one attached hydrogen (secondary N) is 2. The number of carbonyl (C=O) groups is 9. The van der Waals surface area contributed by atoms with Crippen molar-refractivity contribution < 1.29 is 90.3 Å². The van der Waals surface area contributed by atoms with E-state index in [2.05, 4.69) is 22.5 Å². The number of esters is 2. The van der Waals surface area contributed by atoms with Crippen LogP contribution in [-0.4, -0.2) is 161 Å². The fraction of sp³-hybridized carbons (Fsp3) is 0.616. The Morgan fingerprint density at radius 2 is 0.891 bits per heavy atom. The molecule has 22 nitrogen and oxygen atoms in total. The molecule has 570 valence electrons. The Labute approximate surface area is 616 Å². The van der Waals surface area contributed by atoms with Crippen molar-refractivity contribution in [1.29, 1.82) is 0 Å². The number of nitrogens with zero attached hydrogens (tertiary/aromatic N) is 4. The average Bonchev–Trinajstić information content (AvgIpc) is 1.78. The third-order valence-corrected chi connectivity index (χ3v) is 17.1. The number of likely N-dealkylation sites (N-methyl/N-ethyl adjacent to an activating group) is 3. The monoisotopic (exact) mass is 1480 g/mol. The molecule has 6 unspecified atom stereocenters. The number of aldehydes is 1. The quantitative estimate of drug-likeness (QED) is 0.0423. The topological polar surface area (TPSA) is 294 Å². The van der Waals surface area contributed by atoms with E-state index in [1.165, 1.54) is 6.08 Å². The van der Waals surface area contributed by atoms with Crippen LogP contribution in [-0.2, 0) is 64.1 Å². The van der Waals surface area contributed by atoms with Gasteiger partial charge in [0.15, 0.2) is 6.04 Å². The van der Waals surface area contributed by atoms with Gasteiger partial charge in [0.25, 0.3) is 0 Å². The maximum Gasteiger partial charge on any atom is 0.446 e. The summed E-state index contributed by atoms with van der Waals surface area (Å²) in [5.41, 5.74) is -0.317. The fourth-order valence-electron chi connectivity index (χ4n) is 11.8. The first-order chi connectivity index (χ1) is 45.5. The summed E-state index contributed by atoms with van der Waals surface area (Å²) >= 11 is 0. The van der Waals surface area contributed by atoms with E-state index in [4.69, 9.17) is 23.7 Å². The number of carboxylic acid groups (broad SMARTS) is 1. The van der Waals surface area contributed by atoms with Crippen molar-refractivity contribution in [2.24, 2.45) is 22.7 Å². The SMILES string of the molecule is CC(C)C(N=C=O)C(=O)OC(C)(C)C.CCC1(c2cccc(O)c2)CCCCN(C)C1=O.CCC1(c2cccc(OC(=O)NC(C(=O)O)C(C)C)c2)CCCCN(C)C1=O.CCC1(c2cccc(OC(=O)NC(C(=O)OC(C)(C)C)C(C)C)c2)CCCCN(C)C1=O.O=CC(F)(F)F.S.S.S. The standard InChI is InChI=1S/C25H38N2O5.C21H30N2O5.C15H21NO2.C10H17NO3.C2HF3O.3H2S/c1-8-25(14-9-10-15-27(7)22(25)29)18-12-11-13-19(16-18)31-23(30)26-20(17(2)3)21(28)32-24(4,5)6;1-5-21(11-6-7-12-23(4)19(21)26)15-9-8-10-16(13-15)28-20(27)22-17(14(2)3)18(24)25;1-3-15(12-7-6-8-13(17)11-12)9-4-5-10-16(2)14(15)18;1-7(2)8(11-6-12)9(13)14-10(3,4)5;3-2(4,5)1-6;;;/h11-13,16-17,20H,8-10,14-15H2,1-7H3,(H,26,30);8-10,13-14,17H,5-7,11-12H2,1-4H3,(H,22,27)(H,24,25);6-8,11,17H,3-5,9-10H2,1-2H3;7-8H,1-5H3;1H;3*1H2. The molecule has 3 aromatic carbocycles. The number of carboxylic acids is 1. The fourth-order valence-corrected chi connectivity index (χ4v) is 11.8. The van der Waals surface area contributed by atoms with Crippen LogP contribution in [0.25, 0.3) is 0 Å². The maximum absolute atomic E-state index is 13.2. The number of phenolic OH excluding ortho intramolecular Hbond substituents is 1. The lowest BCUT2D eigenvalue weighted by Gasteiger charge is -2.33. The predicted molar refractivity (Wildman–Crippen MR) is 396 cm³/mol. The molecule has 4 N–H and O–H groups in total. The first-order valence-corrected chi connectivity index (χ1v) is 33.6. The van der Waals surface area contributed by atoms with Gasteiger partial charge in [0, 0.05) is 40.8 Å². The number of alkyl halides is 3. The van der Waals surface area contributed by atoms with Crippen molar-refractivity contribution in [1.82, 2.24) is 25.3 Å². The van der Waals surface area contributed by atoms with E-state index in [0.29, 0.717) is 18.6 Å². The Hall–Kier alpha value is -7.29. The zero-order valence-electron chi connectivity index (χ0n) is 62.1. The molecule has 0 aliphatic carbocycles. The number of aromatic hydroxyl groups is 1. The number of benzene rings is 3. The largest absolute Gasteiger partial charge is 0.508 e. The highest BCUT2D eigenvalue weighted by Gasteiger charge is 2.44. The normalized spacial score (nSPS) is 19.3. The molecule has 3 saturated heterocycles. The van der Waals surface area contributed by atoms with E-state index in [-0.39, 0.29) is 87.5 Å². The van der Waals surface area contributed by atoms with Crippen molar-refractivity contribution in [3.63, 3.8) is 0 Å². The van der Waals surface area contributed by atoms with Gasteiger partial charge in [-0.15, -0.1) is 0 Å². The van der Waals surface area contributed by atoms with Crippen LogP contribution in [0.1, 0.15) is 198 Å². The summed E-state index contributed by atoms with van der Waals surface area (Å²) in [5.74, 6) is -1.38. The van der Waals surface area contributed by atoms with Crippen LogP contribution in [0.4, 0.5) is 22.8 Å². The minimum atomic E-state index is -4.64. The number of amides is 5. The van der Waals surface area contributed by atoms with Crippen LogP contribution >= 0.6 is 40.5 Å². The van der Waals surface area contributed by atoms with E-state index in [0.717, 1.165) is 101 Å². The first kappa shape index (κ1) is 95.8. The Morgan fingerprint density at radius 3 is 1.18 bits per heavy atom. The smallest absolute Gasteiger partial charge is 0.446 e. The molecule has 0 aromatic heterocycles. The highest BCUT2D eigenvalue weighted by atomic mass is 32.1. The summed E-state index contributed by atoms with van der Waals surface area (Å²) in [4.78, 5) is 127. The highest BCUT2D eigenvalue weighted by molar-refractivity contribution is 7.59. The molecule has 0 saturated carbocycles. The molecule has 3 heterocycles. The lowest BCUT2D eigenvalue weighted by Crippen LogP contribution is -2.48. The molecule has 3 aliphatic heterocycles. The number of ether oxygens (including phenoxy) is 4. The van der Waals surface area contributed by atoms with Crippen LogP contribution in [0.3, 0.4) is 0 Å². The van der Waals surface area contributed by atoms with E-state index >= 15 is 0 Å². The van der Waals surface area contributed by atoms with Gasteiger partial charge in [-0.05, 0) is 170 Å². The van der Waals surface area contributed by atoms with Crippen LogP contribution in [0, 0.1) is 17.8 Å². The minimum absolute atomic E-state index is 0. The molecule has 3 aliphatic rings. The molecule has 3 fully saturated rings. The van der Waals surface area contributed by atoms with Gasteiger partial charge >= 0.3 is 36.3 Å². The van der Waals surface area contributed by atoms with Crippen LogP contribution < -0.4 is 20.1 Å². The molecular weight excluding hydrogens is 1370 g/mol. The van der Waals surface area contributed by atoms with Gasteiger partial charge < -0.3 is 54.5 Å². The number of phenols is 1. The molecule has 0 radical (unpaired) electrons. The molecule has 28 heteroatoms. The van der Waals surface area contributed by atoms with Crippen molar-refractivity contribution in [3.8, 4) is 17.2 Å². The van der Waals surface area contributed by atoms with Crippen LogP contribution in [0.15, 0.2) is 77.8 Å². The summed E-state index contributed by atoms with van der Waals surface area (Å²) in [5, 5.41) is 23.9. The minimum Gasteiger partial charge on any atom is -0.508 e. The summed E-state index contributed by atoms with van der Waals surface area (Å²) in [7, 11) is 5.54. The Morgan fingerprint density at radius 1 is 0.564 bits per heavy atom. The molecule has 0 bridgehead atoms. The lowest BCUT2D eigenvalue weighted by molar-refractivity contribution is -0.159. The number of aliphatic carboxylic acids is 1. The summed E-state index contributed by atoms with van der Waals surface area (Å²) in [6.07, 6.45) is 4.57. The Bertz CT molecular complexity index is 3210. The number of likely N-dealkylation sites (tertiary alicyclic amines) is 3. The van der Waals surface area contributed by atoms with Gasteiger partial charge in [0.2, 0.25) is 30.1 Å². The summed E-state index contributed by atoms with van der Waals surface area (Å²) in [6.45, 7) is 29.7. The molecule has 6 rings (SSSR count). The number of rotatable bonds is 17. The van der Waals surface area contributed by atoms with Gasteiger partial charge in [0.05, 0.1) is 16.2 Å². The third kappa shape index (κ3) is 29.9. The molecule has 0 spiro atoms. The highest BCUT2D eigenvalue weighted by Crippen LogP contribution is 2.41. The second-order valence-electron chi connectivity index (χ2n) is 27.9. The summed E-state index contributed by atoms with van der Waals surface area (Å²) < 4.78 is 52.6. The number of aliphatic imine (C=N–C) groups is 1. The second kappa shape index (κ2) is 43.6. The first-order valence-electron chi connectivity index (χ1n) is 33.6. The van der Waals surface area contributed by atoms with E-state index < -0.39 is 88.1 Å². The molecular formula is C73H113F3N6O16S3. The molecule has 6 atom stereocenters. The lowest BCUT2D eigenvalue weighted by atomic mass is 9.73. The number of hydrogen-bond donors (Lipinski definition) is 4. The Balaban J connectivity index is 0. The van der Waals surface area contributed by atoms with E-state index in [1.54, 1.807) is 128 Å². The summed E-state index contributed by atoms with van der Waals surface area (Å²) in [6, 6.07) is 18.7. The van der Waals surface area contributed by atoms with Crippen molar-refractivity contribution >= 4 is 101 Å². The van der Waals surface area contributed by atoms with Crippen molar-refractivity contribution in [2.75, 3.05) is 40.8 Å². The predicted octanol–water partition coefficient (Wildman–Crippen LogP) is 13.1. The number of carbonyl (C=O) groups excluding carboxylic acids is 9. The van der Waals surface area contributed by atoms with Gasteiger partial charge in [-0.2, -0.15) is 58.7 Å². The molecule has 5 amide bonds. The van der Waals surface area contributed by atoms with Crippen molar-refractivity contribution in [2.45, 2.75) is 233 Å². The van der Waals surface area contributed by atoms with E-state index in [9.17, 15) is 66.5 Å². The van der Waals surface area contributed by atoms with Gasteiger partial charge in [-0.25, -0.2) is 28.8 Å². The zero-order chi connectivity index (χ0) is 74.7. The number of hydrogen-bond acceptors (Lipinski definition) is 16. The third-order valence-electron chi connectivity index (χ3n) is 17.1. The van der Waals surface area contributed by atoms with Gasteiger partial charge in [-0.1, -0.05) is 118 Å². The molecule has 3 aromatic rings. The zero-order valence-corrected chi connectivity index (χ0v) is 65.1. The van der Waals surface area contributed by atoms with Gasteiger partial charge in [0.1, 0.15) is 40.5 Å². The second-order valence-corrected chi connectivity index (χ2v) is 27.9. The average molecular weight is 1480 g/mol.